The zero-order valence-electron chi connectivity index (χ0n) is 9.94. The van der Waals surface area contributed by atoms with Crippen LogP contribution in [0.3, 0.4) is 0 Å². The molecule has 0 aliphatic rings. The predicted molar refractivity (Wildman–Crippen MR) is 63.8 cm³/mol. The third-order valence-corrected chi connectivity index (χ3v) is 2.41. The second-order valence-corrected chi connectivity index (χ2v) is 3.77. The van der Waals surface area contributed by atoms with Gasteiger partial charge in [0.25, 0.3) is 0 Å². The Morgan fingerprint density at radius 2 is 2.11 bits per heavy atom. The molecule has 0 atom stereocenters. The average molecular weight is 248 g/mol. The second kappa shape index (κ2) is 5.44. The first-order valence-corrected chi connectivity index (χ1v) is 5.64. The largest absolute Gasteiger partial charge is 0.461 e. The van der Waals surface area contributed by atoms with E-state index in [-0.39, 0.29) is 5.82 Å². The molecule has 0 unspecified atom stereocenters. The predicted octanol–water partition coefficient (Wildman–Crippen LogP) is 2.32. The van der Waals surface area contributed by atoms with Crippen LogP contribution in [0.25, 0.3) is 0 Å². The van der Waals surface area contributed by atoms with Crippen LogP contribution >= 0.6 is 0 Å². The molecule has 94 valence electrons. The van der Waals surface area contributed by atoms with Crippen molar-refractivity contribution in [3.63, 3.8) is 0 Å². The van der Waals surface area contributed by atoms with E-state index in [1.54, 1.807) is 19.1 Å². The zero-order chi connectivity index (χ0) is 13.0. The number of carbonyl (C=O) groups excluding carboxylic acids is 1. The molecule has 1 N–H and O–H groups in total. The molecular formula is C13H13FN2O2. The molecule has 0 radical (unpaired) electrons. The number of carbonyl (C=O) groups is 1. The Kier molecular flexibility index (Phi) is 3.72. The van der Waals surface area contributed by atoms with E-state index in [9.17, 15) is 9.18 Å². The van der Waals surface area contributed by atoms with Crippen LogP contribution in [0.4, 0.5) is 4.39 Å². The molecule has 0 saturated carbocycles. The van der Waals surface area contributed by atoms with E-state index < -0.39 is 5.97 Å². The number of imidazole rings is 1. The Balaban J connectivity index is 2.06. The van der Waals surface area contributed by atoms with Crippen molar-refractivity contribution >= 4 is 5.97 Å². The van der Waals surface area contributed by atoms with Gasteiger partial charge in [-0.05, 0) is 24.6 Å². The number of esters is 1. The van der Waals surface area contributed by atoms with Crippen LogP contribution < -0.4 is 0 Å². The highest BCUT2D eigenvalue weighted by Crippen LogP contribution is 2.08. The summed E-state index contributed by atoms with van der Waals surface area (Å²) in [4.78, 5) is 18.4. The number of nitrogens with one attached hydrogen (secondary N) is 1. The fraction of sp³-hybridized carbons (Fsp3) is 0.231. The highest BCUT2D eigenvalue weighted by atomic mass is 19.1. The standard InChI is InChI=1S/C13H13FN2O2/c1-2-18-13(17)11-8-15-12(16-11)7-9-3-5-10(14)6-4-9/h3-6,8H,2,7H2,1H3,(H,15,16). The van der Waals surface area contributed by atoms with E-state index in [1.807, 2.05) is 0 Å². The molecule has 4 nitrogen and oxygen atoms in total. The van der Waals surface area contributed by atoms with Crippen molar-refractivity contribution < 1.29 is 13.9 Å². The Morgan fingerprint density at radius 3 is 2.78 bits per heavy atom. The molecule has 2 aromatic rings. The van der Waals surface area contributed by atoms with Gasteiger partial charge in [0.15, 0.2) is 0 Å². The van der Waals surface area contributed by atoms with Crippen molar-refractivity contribution in [3.8, 4) is 0 Å². The third kappa shape index (κ3) is 2.94. The summed E-state index contributed by atoms with van der Waals surface area (Å²) in [6.07, 6.45) is 1.95. The Labute approximate surface area is 104 Å². The number of rotatable bonds is 4. The van der Waals surface area contributed by atoms with Crippen LogP contribution in [0.1, 0.15) is 28.8 Å². The van der Waals surface area contributed by atoms with Crippen LogP contribution in [0.15, 0.2) is 30.5 Å². The van der Waals surface area contributed by atoms with E-state index in [0.29, 0.717) is 24.5 Å². The van der Waals surface area contributed by atoms with Crippen molar-refractivity contribution in [3.05, 3.63) is 53.4 Å². The van der Waals surface area contributed by atoms with Crippen LogP contribution in [-0.4, -0.2) is 22.5 Å². The maximum Gasteiger partial charge on any atom is 0.356 e. The summed E-state index contributed by atoms with van der Waals surface area (Å²) in [5.74, 6) is -0.0505. The van der Waals surface area contributed by atoms with Crippen LogP contribution in [0, 0.1) is 5.82 Å². The lowest BCUT2D eigenvalue weighted by Crippen LogP contribution is -2.05. The van der Waals surface area contributed by atoms with Gasteiger partial charge >= 0.3 is 5.97 Å². The lowest BCUT2D eigenvalue weighted by molar-refractivity contribution is 0.0520. The highest BCUT2D eigenvalue weighted by molar-refractivity contribution is 5.86. The summed E-state index contributed by atoms with van der Waals surface area (Å²) < 4.78 is 17.6. The van der Waals surface area contributed by atoms with Gasteiger partial charge in [-0.15, -0.1) is 0 Å². The van der Waals surface area contributed by atoms with Crippen LogP contribution in [0.2, 0.25) is 0 Å². The number of aromatic nitrogens is 2. The number of aromatic amines is 1. The number of hydrogen-bond donors (Lipinski definition) is 1. The van der Waals surface area contributed by atoms with Gasteiger partial charge in [0.05, 0.1) is 12.8 Å². The number of nitrogens with zero attached hydrogens (tertiary/aromatic N) is 1. The quantitative estimate of drug-likeness (QED) is 0.845. The fourth-order valence-electron chi connectivity index (χ4n) is 1.56. The van der Waals surface area contributed by atoms with Crippen molar-refractivity contribution in [2.24, 2.45) is 0 Å². The maximum atomic E-state index is 12.7. The van der Waals surface area contributed by atoms with Gasteiger partial charge in [0.1, 0.15) is 17.3 Å². The third-order valence-electron chi connectivity index (χ3n) is 2.41. The molecule has 0 spiro atoms. The van der Waals surface area contributed by atoms with E-state index in [2.05, 4.69) is 9.97 Å². The van der Waals surface area contributed by atoms with E-state index in [1.165, 1.54) is 18.3 Å². The summed E-state index contributed by atoms with van der Waals surface area (Å²) in [6.45, 7) is 2.07. The van der Waals surface area contributed by atoms with Crippen molar-refractivity contribution in [1.29, 1.82) is 0 Å². The summed E-state index contributed by atoms with van der Waals surface area (Å²) in [7, 11) is 0. The number of halogens is 1. The summed E-state index contributed by atoms with van der Waals surface area (Å²) in [6, 6.07) is 6.15. The molecule has 1 heterocycles. The topological polar surface area (TPSA) is 55.0 Å². The second-order valence-electron chi connectivity index (χ2n) is 3.77. The van der Waals surface area contributed by atoms with Gasteiger partial charge in [0, 0.05) is 6.42 Å². The molecule has 0 amide bonds. The molecule has 0 fully saturated rings. The van der Waals surface area contributed by atoms with E-state index in [4.69, 9.17) is 4.74 Å². The van der Waals surface area contributed by atoms with Gasteiger partial charge in [-0.25, -0.2) is 14.2 Å². The normalized spacial score (nSPS) is 10.3. The Bertz CT molecular complexity index is 534. The minimum atomic E-state index is -0.421. The molecular weight excluding hydrogens is 235 g/mol. The maximum absolute atomic E-state index is 12.7. The lowest BCUT2D eigenvalue weighted by Gasteiger charge is -1.99. The Morgan fingerprint density at radius 1 is 1.39 bits per heavy atom. The first kappa shape index (κ1) is 12.3. The van der Waals surface area contributed by atoms with Gasteiger partial charge < -0.3 is 9.72 Å². The minimum Gasteiger partial charge on any atom is -0.461 e. The molecule has 5 heteroatoms. The summed E-state index contributed by atoms with van der Waals surface area (Å²) >= 11 is 0. The summed E-state index contributed by atoms with van der Waals surface area (Å²) in [5, 5.41) is 0. The van der Waals surface area contributed by atoms with E-state index >= 15 is 0 Å². The van der Waals surface area contributed by atoms with Crippen molar-refractivity contribution in [2.45, 2.75) is 13.3 Å². The molecule has 0 aliphatic carbocycles. The molecule has 0 saturated heterocycles. The first-order chi connectivity index (χ1) is 8.69. The Hall–Kier alpha value is -2.17. The van der Waals surface area contributed by atoms with E-state index in [0.717, 1.165) is 5.56 Å². The van der Waals surface area contributed by atoms with Gasteiger partial charge in [-0.1, -0.05) is 12.1 Å². The minimum absolute atomic E-state index is 0.273. The number of H-pyrrole nitrogens is 1. The SMILES string of the molecule is CCOC(=O)c1cnc(Cc2ccc(F)cc2)[nH]1. The number of benzene rings is 1. The molecule has 18 heavy (non-hydrogen) atoms. The number of ether oxygens (including phenoxy) is 1. The highest BCUT2D eigenvalue weighted by Gasteiger charge is 2.10. The number of hydrogen-bond acceptors (Lipinski definition) is 3. The fourth-order valence-corrected chi connectivity index (χ4v) is 1.56. The van der Waals surface area contributed by atoms with Crippen LogP contribution in [-0.2, 0) is 11.2 Å². The molecule has 0 bridgehead atoms. The first-order valence-electron chi connectivity index (χ1n) is 5.64. The molecule has 1 aromatic carbocycles. The van der Waals surface area contributed by atoms with Gasteiger partial charge in [0.2, 0.25) is 0 Å². The molecule has 1 aromatic heterocycles. The van der Waals surface area contributed by atoms with Crippen molar-refractivity contribution in [2.75, 3.05) is 6.61 Å². The monoisotopic (exact) mass is 248 g/mol. The molecule has 0 aliphatic heterocycles. The molecule has 2 rings (SSSR count). The van der Waals surface area contributed by atoms with Crippen molar-refractivity contribution in [1.82, 2.24) is 9.97 Å². The smallest absolute Gasteiger partial charge is 0.356 e. The zero-order valence-corrected chi connectivity index (χ0v) is 9.94. The average Bonchev–Trinajstić information content (AvgIpc) is 2.81. The van der Waals surface area contributed by atoms with Gasteiger partial charge in [-0.2, -0.15) is 0 Å². The lowest BCUT2D eigenvalue weighted by atomic mass is 10.1. The summed E-state index contributed by atoms with van der Waals surface area (Å²) in [5.41, 5.74) is 1.25. The van der Waals surface area contributed by atoms with Gasteiger partial charge in [-0.3, -0.25) is 0 Å². The van der Waals surface area contributed by atoms with Crippen LogP contribution in [0.5, 0.6) is 0 Å².